The second-order valence-corrected chi connectivity index (χ2v) is 5.91. The summed E-state index contributed by atoms with van der Waals surface area (Å²) in [6, 6.07) is 0.615. The predicted molar refractivity (Wildman–Crippen MR) is 59.3 cm³/mol. The van der Waals surface area contributed by atoms with Crippen LogP contribution in [0.4, 0.5) is 0 Å². The maximum absolute atomic E-state index is 4.69. The Bertz CT molecular complexity index is 235. The largest absolute Gasteiger partial charge is 0.360 e. The van der Waals surface area contributed by atoms with E-state index in [0.29, 0.717) is 6.04 Å². The molecule has 0 radical (unpaired) electrons. The second-order valence-electron chi connectivity index (χ2n) is 4.82. The summed E-state index contributed by atoms with van der Waals surface area (Å²) in [5.74, 6) is 2.03. The normalized spacial score (nSPS) is 40.1. The maximum Gasteiger partial charge on any atom is 0.157 e. The molecule has 1 heterocycles. The Hall–Kier alpha value is -0.180. The summed E-state index contributed by atoms with van der Waals surface area (Å²) >= 11 is 1.87. The standard InChI is InChI=1S/C10H18N2S/c1-7-6-8(7)11-9-12-10(2,3)4-5-13-9/h7-8H,4-6H2,1-3H3,(H,11,12). The summed E-state index contributed by atoms with van der Waals surface area (Å²) in [6.07, 6.45) is 2.52. The Morgan fingerprint density at radius 2 is 2.23 bits per heavy atom. The Morgan fingerprint density at radius 1 is 1.54 bits per heavy atom. The van der Waals surface area contributed by atoms with E-state index in [9.17, 15) is 0 Å². The molecule has 0 bridgehead atoms. The molecule has 2 aliphatic rings. The number of aliphatic imine (C=N–C) groups is 1. The highest BCUT2D eigenvalue weighted by molar-refractivity contribution is 8.13. The minimum absolute atomic E-state index is 0.252. The lowest BCUT2D eigenvalue weighted by atomic mass is 10.0. The fraction of sp³-hybridized carbons (Fsp3) is 0.900. The topological polar surface area (TPSA) is 24.4 Å². The molecule has 0 aromatic heterocycles. The smallest absolute Gasteiger partial charge is 0.157 e. The van der Waals surface area contributed by atoms with Crippen LogP contribution in [0.25, 0.3) is 0 Å². The monoisotopic (exact) mass is 198 g/mol. The van der Waals surface area contributed by atoms with Gasteiger partial charge in [0.2, 0.25) is 0 Å². The van der Waals surface area contributed by atoms with Gasteiger partial charge in [-0.25, -0.2) is 0 Å². The van der Waals surface area contributed by atoms with Crippen LogP contribution in [0, 0.1) is 5.92 Å². The van der Waals surface area contributed by atoms with Crippen molar-refractivity contribution in [3.8, 4) is 0 Å². The van der Waals surface area contributed by atoms with Gasteiger partial charge in [0.05, 0.1) is 6.04 Å². The van der Waals surface area contributed by atoms with Crippen molar-refractivity contribution in [3.05, 3.63) is 0 Å². The van der Waals surface area contributed by atoms with Gasteiger partial charge < -0.3 is 5.32 Å². The Morgan fingerprint density at radius 3 is 2.77 bits per heavy atom. The van der Waals surface area contributed by atoms with Crippen LogP contribution in [0.15, 0.2) is 4.99 Å². The average molecular weight is 198 g/mol. The number of rotatable bonds is 1. The predicted octanol–water partition coefficient (Wildman–Crippen LogP) is 2.26. The molecule has 0 aromatic carbocycles. The summed E-state index contributed by atoms with van der Waals surface area (Å²) in [5, 5.41) is 4.67. The highest BCUT2D eigenvalue weighted by Crippen LogP contribution is 2.34. The number of nitrogens with zero attached hydrogens (tertiary/aromatic N) is 1. The third-order valence-electron chi connectivity index (χ3n) is 2.76. The molecule has 13 heavy (non-hydrogen) atoms. The first-order valence-electron chi connectivity index (χ1n) is 5.06. The Balaban J connectivity index is 1.96. The second kappa shape index (κ2) is 3.19. The SMILES string of the molecule is CC1CC1N=C1NC(C)(C)CCS1. The number of nitrogens with one attached hydrogen (secondary N) is 1. The van der Waals surface area contributed by atoms with E-state index in [1.165, 1.54) is 23.8 Å². The van der Waals surface area contributed by atoms with Gasteiger partial charge in [-0.15, -0.1) is 0 Å². The summed E-state index contributed by atoms with van der Waals surface area (Å²) in [6.45, 7) is 6.77. The zero-order valence-corrected chi connectivity index (χ0v) is 9.45. The van der Waals surface area contributed by atoms with Crippen LogP contribution in [0.2, 0.25) is 0 Å². The molecule has 2 unspecified atom stereocenters. The van der Waals surface area contributed by atoms with Gasteiger partial charge in [0.15, 0.2) is 5.17 Å². The van der Waals surface area contributed by atoms with Gasteiger partial charge in [-0.3, -0.25) is 4.99 Å². The van der Waals surface area contributed by atoms with E-state index in [1.54, 1.807) is 0 Å². The minimum Gasteiger partial charge on any atom is -0.360 e. The number of amidine groups is 1. The van der Waals surface area contributed by atoms with Gasteiger partial charge in [0.1, 0.15) is 0 Å². The minimum atomic E-state index is 0.252. The molecule has 1 aliphatic carbocycles. The quantitative estimate of drug-likeness (QED) is 0.699. The summed E-state index contributed by atoms with van der Waals surface area (Å²) in [4.78, 5) is 4.69. The van der Waals surface area contributed by atoms with Crippen molar-refractivity contribution >= 4 is 16.9 Å². The number of hydrogen-bond donors (Lipinski definition) is 1. The molecule has 1 saturated carbocycles. The van der Waals surface area contributed by atoms with Crippen molar-refractivity contribution in [3.63, 3.8) is 0 Å². The van der Waals surface area contributed by atoms with Crippen LogP contribution in [0.3, 0.4) is 0 Å². The van der Waals surface area contributed by atoms with Crippen LogP contribution in [0.1, 0.15) is 33.6 Å². The molecule has 0 spiro atoms. The van der Waals surface area contributed by atoms with E-state index in [1.807, 2.05) is 11.8 Å². The molecule has 2 nitrogen and oxygen atoms in total. The van der Waals surface area contributed by atoms with Crippen LogP contribution in [-0.4, -0.2) is 22.5 Å². The molecule has 1 N–H and O–H groups in total. The summed E-state index contributed by atoms with van der Waals surface area (Å²) < 4.78 is 0. The van der Waals surface area contributed by atoms with Crippen molar-refractivity contribution < 1.29 is 0 Å². The van der Waals surface area contributed by atoms with Gasteiger partial charge in [-0.2, -0.15) is 0 Å². The third kappa shape index (κ3) is 2.39. The lowest BCUT2D eigenvalue weighted by molar-refractivity contribution is 0.446. The molecule has 2 atom stereocenters. The van der Waals surface area contributed by atoms with Crippen LogP contribution in [0.5, 0.6) is 0 Å². The third-order valence-corrected chi connectivity index (χ3v) is 3.65. The number of thioether (sulfide) groups is 1. The molecular weight excluding hydrogens is 180 g/mol. The zero-order chi connectivity index (χ0) is 9.47. The van der Waals surface area contributed by atoms with Crippen LogP contribution < -0.4 is 5.32 Å². The van der Waals surface area contributed by atoms with Crippen molar-refractivity contribution in [2.45, 2.75) is 45.2 Å². The van der Waals surface area contributed by atoms with Gasteiger partial charge in [0.25, 0.3) is 0 Å². The van der Waals surface area contributed by atoms with Crippen LogP contribution in [-0.2, 0) is 0 Å². The van der Waals surface area contributed by atoms with Crippen molar-refractivity contribution in [1.82, 2.24) is 5.32 Å². The first kappa shape index (κ1) is 9.38. The van der Waals surface area contributed by atoms with E-state index in [-0.39, 0.29) is 5.54 Å². The van der Waals surface area contributed by atoms with Crippen LogP contribution >= 0.6 is 11.8 Å². The number of hydrogen-bond acceptors (Lipinski definition) is 2. The molecule has 0 amide bonds. The van der Waals surface area contributed by atoms with Gasteiger partial charge in [0, 0.05) is 11.3 Å². The van der Waals surface area contributed by atoms with E-state index >= 15 is 0 Å². The molecule has 74 valence electrons. The van der Waals surface area contributed by atoms with Crippen molar-refractivity contribution in [2.75, 3.05) is 5.75 Å². The van der Waals surface area contributed by atoms with E-state index in [2.05, 4.69) is 26.1 Å². The lowest BCUT2D eigenvalue weighted by Crippen LogP contribution is -2.46. The molecular formula is C10H18N2S. The first-order chi connectivity index (χ1) is 6.07. The molecule has 2 fully saturated rings. The molecule has 1 saturated heterocycles. The lowest BCUT2D eigenvalue weighted by Gasteiger charge is -2.32. The Kier molecular flexibility index (Phi) is 2.30. The van der Waals surface area contributed by atoms with Crippen molar-refractivity contribution in [2.24, 2.45) is 10.9 Å². The van der Waals surface area contributed by atoms with Crippen molar-refractivity contribution in [1.29, 1.82) is 0 Å². The van der Waals surface area contributed by atoms with Gasteiger partial charge in [-0.1, -0.05) is 18.7 Å². The summed E-state index contributed by atoms with van der Waals surface area (Å²) in [5.41, 5.74) is 0.252. The first-order valence-corrected chi connectivity index (χ1v) is 6.04. The maximum atomic E-state index is 4.69. The molecule has 2 rings (SSSR count). The highest BCUT2D eigenvalue weighted by atomic mass is 32.2. The summed E-state index contributed by atoms with van der Waals surface area (Å²) in [7, 11) is 0. The fourth-order valence-corrected chi connectivity index (χ4v) is 2.86. The van der Waals surface area contributed by atoms with E-state index in [4.69, 9.17) is 4.99 Å². The Labute approximate surface area is 84.6 Å². The highest BCUT2D eigenvalue weighted by Gasteiger charge is 2.34. The van der Waals surface area contributed by atoms with E-state index < -0.39 is 0 Å². The zero-order valence-electron chi connectivity index (χ0n) is 8.63. The molecule has 0 aromatic rings. The average Bonchev–Trinajstić information content (AvgIpc) is 2.64. The molecule has 3 heteroatoms. The van der Waals surface area contributed by atoms with E-state index in [0.717, 1.165) is 5.92 Å². The van der Waals surface area contributed by atoms with Gasteiger partial charge >= 0.3 is 0 Å². The fourth-order valence-electron chi connectivity index (χ4n) is 1.49. The van der Waals surface area contributed by atoms with Gasteiger partial charge in [-0.05, 0) is 32.6 Å². The molecule has 1 aliphatic heterocycles.